The van der Waals surface area contributed by atoms with Gasteiger partial charge in [0.2, 0.25) is 5.91 Å². The van der Waals surface area contributed by atoms with Gasteiger partial charge in [0.15, 0.2) is 0 Å². The lowest BCUT2D eigenvalue weighted by molar-refractivity contribution is -0.124. The molecule has 3 rings (SSSR count). The average Bonchev–Trinajstić information content (AvgIpc) is 2.69. The smallest absolute Gasteiger partial charge is 0.224 e. The maximum absolute atomic E-state index is 11.6. The molecule has 3 aromatic rings. The summed E-state index contributed by atoms with van der Waals surface area (Å²) >= 11 is 0. The number of hydrogen-bond acceptors (Lipinski definition) is 2. The Kier molecular flexibility index (Phi) is 7.50. The lowest BCUT2D eigenvalue weighted by atomic mass is 10.2. The normalized spacial score (nSPS) is 10.6. The Balaban J connectivity index is 0.000000313. The van der Waals surface area contributed by atoms with Gasteiger partial charge < -0.3 is 0 Å². The van der Waals surface area contributed by atoms with Gasteiger partial charge in [-0.05, 0) is 26.0 Å². The molecule has 0 fully saturated rings. The third-order valence-electron chi connectivity index (χ3n) is 4.03. The van der Waals surface area contributed by atoms with Gasteiger partial charge in [0.1, 0.15) is 5.84 Å². The molecule has 0 radical (unpaired) electrons. The average molecular weight is 358 g/mol. The fourth-order valence-corrected chi connectivity index (χ4v) is 2.35. The first kappa shape index (κ1) is 20.1. The molecule has 138 valence electrons. The summed E-state index contributed by atoms with van der Waals surface area (Å²) < 4.78 is 0. The molecule has 27 heavy (non-hydrogen) atoms. The second-order valence-electron chi connectivity index (χ2n) is 6.37. The van der Waals surface area contributed by atoms with E-state index in [4.69, 9.17) is 0 Å². The number of rotatable bonds is 2. The van der Waals surface area contributed by atoms with Gasteiger partial charge in [-0.1, -0.05) is 83.9 Å². The summed E-state index contributed by atoms with van der Waals surface area (Å²) in [4.78, 5) is 17.8. The SMILES string of the molecule is CC(=O)N(C)C(=Nc1ccc(C)cc1)c1ccccc1.Cc1ccccc1. The number of benzene rings is 3. The van der Waals surface area contributed by atoms with Crippen molar-refractivity contribution < 1.29 is 4.79 Å². The number of amides is 1. The van der Waals surface area contributed by atoms with Gasteiger partial charge in [-0.25, -0.2) is 4.99 Å². The molecule has 0 saturated heterocycles. The van der Waals surface area contributed by atoms with Crippen molar-refractivity contribution in [3.05, 3.63) is 102 Å². The quantitative estimate of drug-likeness (QED) is 0.437. The Morgan fingerprint density at radius 1 is 0.741 bits per heavy atom. The van der Waals surface area contributed by atoms with Crippen LogP contribution in [0.3, 0.4) is 0 Å². The third-order valence-corrected chi connectivity index (χ3v) is 4.03. The Morgan fingerprint density at radius 3 is 1.67 bits per heavy atom. The Morgan fingerprint density at radius 2 is 1.22 bits per heavy atom. The zero-order chi connectivity index (χ0) is 19.6. The van der Waals surface area contributed by atoms with Crippen molar-refractivity contribution in [1.29, 1.82) is 0 Å². The van der Waals surface area contributed by atoms with E-state index >= 15 is 0 Å². The van der Waals surface area contributed by atoms with Gasteiger partial charge in [-0.15, -0.1) is 0 Å². The number of aryl methyl sites for hydroxylation is 2. The molecule has 0 unspecified atom stereocenters. The predicted molar refractivity (Wildman–Crippen MR) is 113 cm³/mol. The fourth-order valence-electron chi connectivity index (χ4n) is 2.35. The number of carbonyl (C=O) groups excluding carboxylic acids is 1. The zero-order valence-electron chi connectivity index (χ0n) is 16.4. The van der Waals surface area contributed by atoms with Crippen molar-refractivity contribution >= 4 is 17.4 Å². The van der Waals surface area contributed by atoms with E-state index in [1.165, 1.54) is 18.1 Å². The first-order chi connectivity index (χ1) is 13.0. The molecule has 0 bridgehead atoms. The minimum atomic E-state index is -0.0419. The maximum Gasteiger partial charge on any atom is 0.224 e. The molecule has 0 N–H and O–H groups in total. The van der Waals surface area contributed by atoms with Gasteiger partial charge in [-0.2, -0.15) is 0 Å². The topological polar surface area (TPSA) is 32.7 Å². The van der Waals surface area contributed by atoms with Crippen LogP contribution in [0.15, 0.2) is 89.9 Å². The first-order valence-corrected chi connectivity index (χ1v) is 8.94. The van der Waals surface area contributed by atoms with E-state index in [9.17, 15) is 4.79 Å². The van der Waals surface area contributed by atoms with E-state index in [1.54, 1.807) is 11.9 Å². The molecule has 0 aliphatic heterocycles. The monoisotopic (exact) mass is 358 g/mol. The van der Waals surface area contributed by atoms with Crippen LogP contribution in [0.25, 0.3) is 0 Å². The molecule has 3 nitrogen and oxygen atoms in total. The number of hydrogen-bond donors (Lipinski definition) is 0. The highest BCUT2D eigenvalue weighted by Gasteiger charge is 2.13. The fraction of sp³-hybridized carbons (Fsp3) is 0.167. The summed E-state index contributed by atoms with van der Waals surface area (Å²) in [6, 6.07) is 27.9. The van der Waals surface area contributed by atoms with Crippen LogP contribution in [-0.4, -0.2) is 23.7 Å². The molecule has 0 aromatic heterocycles. The van der Waals surface area contributed by atoms with Crippen molar-refractivity contribution in [1.82, 2.24) is 4.90 Å². The number of amidine groups is 1. The summed E-state index contributed by atoms with van der Waals surface area (Å²) in [5.41, 5.74) is 4.26. The highest BCUT2D eigenvalue weighted by atomic mass is 16.2. The second kappa shape index (κ2) is 10.1. The lowest BCUT2D eigenvalue weighted by Gasteiger charge is -2.18. The molecule has 0 heterocycles. The zero-order valence-corrected chi connectivity index (χ0v) is 16.4. The molecule has 0 saturated carbocycles. The van der Waals surface area contributed by atoms with Crippen molar-refractivity contribution in [2.24, 2.45) is 4.99 Å². The van der Waals surface area contributed by atoms with Gasteiger partial charge >= 0.3 is 0 Å². The second-order valence-corrected chi connectivity index (χ2v) is 6.37. The summed E-state index contributed by atoms with van der Waals surface area (Å²) in [6.45, 7) is 5.65. The summed E-state index contributed by atoms with van der Waals surface area (Å²) in [7, 11) is 1.74. The van der Waals surface area contributed by atoms with Gasteiger partial charge in [0, 0.05) is 19.5 Å². The molecular weight excluding hydrogens is 332 g/mol. The lowest BCUT2D eigenvalue weighted by Crippen LogP contribution is -2.31. The van der Waals surface area contributed by atoms with Crippen molar-refractivity contribution in [2.75, 3.05) is 7.05 Å². The van der Waals surface area contributed by atoms with Crippen molar-refractivity contribution in [2.45, 2.75) is 20.8 Å². The molecule has 0 aliphatic carbocycles. The van der Waals surface area contributed by atoms with Crippen LogP contribution in [0.5, 0.6) is 0 Å². The van der Waals surface area contributed by atoms with Crippen molar-refractivity contribution in [3.8, 4) is 0 Å². The van der Waals surface area contributed by atoms with Gasteiger partial charge in [0.25, 0.3) is 0 Å². The van der Waals surface area contributed by atoms with Crippen LogP contribution < -0.4 is 0 Å². The van der Waals surface area contributed by atoms with Gasteiger partial charge in [-0.3, -0.25) is 9.69 Å². The van der Waals surface area contributed by atoms with Crippen LogP contribution in [0.4, 0.5) is 5.69 Å². The van der Waals surface area contributed by atoms with Crippen LogP contribution in [0.2, 0.25) is 0 Å². The maximum atomic E-state index is 11.6. The van der Waals surface area contributed by atoms with E-state index < -0.39 is 0 Å². The van der Waals surface area contributed by atoms with Crippen LogP contribution in [-0.2, 0) is 4.79 Å². The Hall–Kier alpha value is -3.20. The number of aliphatic imine (C=N–C) groups is 1. The van der Waals surface area contributed by atoms with E-state index in [2.05, 4.69) is 24.0 Å². The highest BCUT2D eigenvalue weighted by Crippen LogP contribution is 2.16. The highest BCUT2D eigenvalue weighted by molar-refractivity contribution is 6.08. The van der Waals surface area contributed by atoms with Crippen LogP contribution >= 0.6 is 0 Å². The van der Waals surface area contributed by atoms with E-state index in [0.29, 0.717) is 5.84 Å². The van der Waals surface area contributed by atoms with Gasteiger partial charge in [0.05, 0.1) is 5.69 Å². The molecule has 0 spiro atoms. The minimum Gasteiger partial charge on any atom is -0.300 e. The Bertz CT molecular complexity index is 869. The summed E-state index contributed by atoms with van der Waals surface area (Å²) in [6.07, 6.45) is 0. The Labute approximate surface area is 162 Å². The molecule has 0 aliphatic rings. The molecule has 3 heteroatoms. The number of nitrogens with zero attached hydrogens (tertiary/aromatic N) is 2. The van der Waals surface area contributed by atoms with E-state index in [0.717, 1.165) is 11.3 Å². The van der Waals surface area contributed by atoms with E-state index in [-0.39, 0.29) is 5.91 Å². The first-order valence-electron chi connectivity index (χ1n) is 8.94. The minimum absolute atomic E-state index is 0.0419. The van der Waals surface area contributed by atoms with Crippen molar-refractivity contribution in [3.63, 3.8) is 0 Å². The summed E-state index contributed by atoms with van der Waals surface area (Å²) in [5, 5.41) is 0. The van der Waals surface area contributed by atoms with E-state index in [1.807, 2.05) is 79.7 Å². The molecule has 0 atom stereocenters. The van der Waals surface area contributed by atoms with Crippen LogP contribution in [0, 0.1) is 13.8 Å². The number of carbonyl (C=O) groups is 1. The largest absolute Gasteiger partial charge is 0.300 e. The standard InChI is InChI=1S/C17H18N2O.C7H8/c1-13-9-11-16(12-10-13)18-17(19(3)14(2)20)15-7-5-4-6-8-15;1-7-5-3-2-4-6-7/h4-12H,1-3H3;2-6H,1H3. The molecular formula is C24H26N2O. The third kappa shape index (κ3) is 6.55. The predicted octanol–water partition coefficient (Wildman–Crippen LogP) is 5.55. The van der Waals surface area contributed by atoms with Crippen LogP contribution in [0.1, 0.15) is 23.6 Å². The molecule has 1 amide bonds. The molecule has 3 aromatic carbocycles. The summed E-state index contributed by atoms with van der Waals surface area (Å²) in [5.74, 6) is 0.613.